The molecule has 29 heavy (non-hydrogen) atoms. The van der Waals surface area contributed by atoms with E-state index in [1.54, 1.807) is 18.7 Å². The standard InChI is InChI=1S/C23H25N5O/c1-27(2)20-7-5-18(6-8-20)23(29)28-13-3-4-19(15-28)22-21(14-25-16-26-22)17-9-11-24-12-10-17/h5-12,14,16,19H,3-4,13,15H2,1-2H3. The number of carbonyl (C=O) groups is 1. The maximum atomic E-state index is 13.1. The Labute approximate surface area is 171 Å². The number of nitrogens with zero attached hydrogens (tertiary/aromatic N) is 5. The Balaban J connectivity index is 1.56. The van der Waals surface area contributed by atoms with Crippen molar-refractivity contribution in [2.45, 2.75) is 18.8 Å². The van der Waals surface area contributed by atoms with Crippen molar-refractivity contribution in [2.75, 3.05) is 32.1 Å². The van der Waals surface area contributed by atoms with E-state index < -0.39 is 0 Å². The fourth-order valence-corrected chi connectivity index (χ4v) is 3.89. The number of carbonyl (C=O) groups excluding carboxylic acids is 1. The third kappa shape index (κ3) is 4.11. The molecule has 3 aromatic rings. The van der Waals surface area contributed by atoms with Gasteiger partial charge in [-0.2, -0.15) is 0 Å². The summed E-state index contributed by atoms with van der Waals surface area (Å²) < 4.78 is 0. The SMILES string of the molecule is CN(C)c1ccc(C(=O)N2CCCC(c3ncncc3-c3ccncc3)C2)cc1. The van der Waals surface area contributed by atoms with E-state index in [0.29, 0.717) is 6.54 Å². The van der Waals surface area contributed by atoms with Crippen LogP contribution < -0.4 is 4.90 Å². The minimum atomic E-state index is 0.0829. The highest BCUT2D eigenvalue weighted by Crippen LogP contribution is 2.32. The van der Waals surface area contributed by atoms with Gasteiger partial charge in [0.1, 0.15) is 6.33 Å². The molecule has 3 heterocycles. The van der Waals surface area contributed by atoms with Crippen molar-refractivity contribution < 1.29 is 4.79 Å². The van der Waals surface area contributed by atoms with E-state index in [9.17, 15) is 4.79 Å². The van der Waals surface area contributed by atoms with Gasteiger partial charge in [0.2, 0.25) is 0 Å². The van der Waals surface area contributed by atoms with Crippen LogP contribution in [0.2, 0.25) is 0 Å². The minimum Gasteiger partial charge on any atom is -0.378 e. The van der Waals surface area contributed by atoms with Crippen molar-refractivity contribution in [1.82, 2.24) is 19.9 Å². The number of piperidine rings is 1. The summed E-state index contributed by atoms with van der Waals surface area (Å²) in [5.41, 5.74) is 4.89. The molecule has 1 unspecified atom stereocenters. The Morgan fingerprint density at radius 2 is 1.83 bits per heavy atom. The zero-order valence-electron chi connectivity index (χ0n) is 16.8. The predicted molar refractivity (Wildman–Crippen MR) is 114 cm³/mol. The van der Waals surface area contributed by atoms with Gasteiger partial charge in [-0.1, -0.05) is 0 Å². The molecule has 1 amide bonds. The lowest BCUT2D eigenvalue weighted by Crippen LogP contribution is -2.39. The number of hydrogen-bond acceptors (Lipinski definition) is 5. The molecule has 0 aliphatic carbocycles. The summed E-state index contributed by atoms with van der Waals surface area (Å²) in [4.78, 5) is 30.0. The molecule has 1 atom stereocenters. The van der Waals surface area contributed by atoms with Crippen LogP contribution in [-0.4, -0.2) is 52.9 Å². The number of rotatable bonds is 4. The van der Waals surface area contributed by atoms with Crippen LogP contribution in [0.3, 0.4) is 0 Å². The van der Waals surface area contributed by atoms with Gasteiger partial charge in [0.15, 0.2) is 0 Å². The third-order valence-electron chi connectivity index (χ3n) is 5.46. The molecule has 1 aliphatic rings. The largest absolute Gasteiger partial charge is 0.378 e. The van der Waals surface area contributed by atoms with Gasteiger partial charge in [-0.15, -0.1) is 0 Å². The molecule has 0 radical (unpaired) electrons. The Morgan fingerprint density at radius 1 is 1.07 bits per heavy atom. The van der Waals surface area contributed by atoms with Crippen molar-refractivity contribution in [3.05, 3.63) is 72.6 Å². The molecule has 4 rings (SSSR count). The number of amides is 1. The summed E-state index contributed by atoms with van der Waals surface area (Å²) in [5, 5.41) is 0. The van der Waals surface area contributed by atoms with Gasteiger partial charge in [-0.05, 0) is 54.8 Å². The number of pyridine rings is 1. The molecule has 1 aliphatic heterocycles. The highest BCUT2D eigenvalue weighted by molar-refractivity contribution is 5.94. The summed E-state index contributed by atoms with van der Waals surface area (Å²) in [6.45, 7) is 1.45. The summed E-state index contributed by atoms with van der Waals surface area (Å²) in [7, 11) is 3.99. The Hall–Kier alpha value is -3.28. The van der Waals surface area contributed by atoms with Crippen LogP contribution >= 0.6 is 0 Å². The average molecular weight is 387 g/mol. The number of likely N-dealkylation sites (tertiary alicyclic amines) is 1. The Bertz CT molecular complexity index is 972. The highest BCUT2D eigenvalue weighted by atomic mass is 16.2. The lowest BCUT2D eigenvalue weighted by Gasteiger charge is -2.33. The fourth-order valence-electron chi connectivity index (χ4n) is 3.89. The van der Waals surface area contributed by atoms with Crippen molar-refractivity contribution in [2.24, 2.45) is 0 Å². The Kier molecular flexibility index (Phi) is 5.51. The van der Waals surface area contributed by atoms with Crippen LogP contribution in [0.1, 0.15) is 34.8 Å². The lowest BCUT2D eigenvalue weighted by atomic mass is 9.90. The van der Waals surface area contributed by atoms with E-state index in [0.717, 1.165) is 47.5 Å². The van der Waals surface area contributed by atoms with E-state index >= 15 is 0 Å². The maximum absolute atomic E-state index is 13.1. The predicted octanol–water partition coefficient (Wildman–Crippen LogP) is 3.62. The van der Waals surface area contributed by atoms with Gasteiger partial charge >= 0.3 is 0 Å². The average Bonchev–Trinajstić information content (AvgIpc) is 2.79. The van der Waals surface area contributed by atoms with Crippen LogP contribution in [0.5, 0.6) is 0 Å². The van der Waals surface area contributed by atoms with E-state index in [1.807, 2.05) is 66.5 Å². The van der Waals surface area contributed by atoms with Gasteiger partial charge in [0.25, 0.3) is 5.91 Å². The van der Waals surface area contributed by atoms with Crippen LogP contribution in [0, 0.1) is 0 Å². The number of benzene rings is 1. The second-order valence-corrected chi connectivity index (χ2v) is 7.59. The second kappa shape index (κ2) is 8.39. The van der Waals surface area contributed by atoms with E-state index in [4.69, 9.17) is 0 Å². The molecule has 148 valence electrons. The normalized spacial score (nSPS) is 16.5. The number of anilines is 1. The monoisotopic (exact) mass is 387 g/mol. The molecule has 0 spiro atoms. The van der Waals surface area contributed by atoms with Crippen molar-refractivity contribution in [3.63, 3.8) is 0 Å². The quantitative estimate of drug-likeness (QED) is 0.684. The van der Waals surface area contributed by atoms with Crippen molar-refractivity contribution in [1.29, 1.82) is 0 Å². The zero-order valence-corrected chi connectivity index (χ0v) is 16.8. The third-order valence-corrected chi connectivity index (χ3v) is 5.46. The number of aromatic nitrogens is 3. The molecule has 2 aromatic heterocycles. The van der Waals surface area contributed by atoms with Crippen LogP contribution in [0.25, 0.3) is 11.1 Å². The van der Waals surface area contributed by atoms with Gasteiger partial charge in [-0.3, -0.25) is 9.78 Å². The second-order valence-electron chi connectivity index (χ2n) is 7.59. The topological polar surface area (TPSA) is 62.2 Å². The van der Waals surface area contributed by atoms with Crippen LogP contribution in [0.15, 0.2) is 61.3 Å². The van der Waals surface area contributed by atoms with Gasteiger partial charge < -0.3 is 9.80 Å². The first-order valence-corrected chi connectivity index (χ1v) is 9.90. The first kappa shape index (κ1) is 19.1. The molecule has 6 nitrogen and oxygen atoms in total. The van der Waals surface area contributed by atoms with Crippen LogP contribution in [0.4, 0.5) is 5.69 Å². The van der Waals surface area contributed by atoms with E-state index in [2.05, 4.69) is 15.0 Å². The summed E-state index contributed by atoms with van der Waals surface area (Å²) in [5.74, 6) is 0.277. The molecule has 6 heteroatoms. The molecule has 1 saturated heterocycles. The van der Waals surface area contributed by atoms with E-state index in [-0.39, 0.29) is 11.8 Å². The Morgan fingerprint density at radius 3 is 2.55 bits per heavy atom. The smallest absolute Gasteiger partial charge is 0.253 e. The van der Waals surface area contributed by atoms with Crippen LogP contribution in [-0.2, 0) is 0 Å². The first-order valence-electron chi connectivity index (χ1n) is 9.90. The minimum absolute atomic E-state index is 0.0829. The lowest BCUT2D eigenvalue weighted by molar-refractivity contribution is 0.0706. The van der Waals surface area contributed by atoms with Gasteiger partial charge in [0, 0.05) is 68.5 Å². The van der Waals surface area contributed by atoms with Gasteiger partial charge in [-0.25, -0.2) is 9.97 Å². The maximum Gasteiger partial charge on any atom is 0.253 e. The summed E-state index contributed by atoms with van der Waals surface area (Å²) in [6, 6.07) is 11.7. The molecule has 0 saturated carbocycles. The van der Waals surface area contributed by atoms with Gasteiger partial charge in [0.05, 0.1) is 5.69 Å². The molecule has 1 fully saturated rings. The molecule has 1 aromatic carbocycles. The summed E-state index contributed by atoms with van der Waals surface area (Å²) in [6.07, 6.45) is 8.99. The first-order chi connectivity index (χ1) is 14.1. The number of hydrogen-bond donors (Lipinski definition) is 0. The van der Waals surface area contributed by atoms with Crippen molar-refractivity contribution >= 4 is 11.6 Å². The fraction of sp³-hybridized carbons (Fsp3) is 0.304. The van der Waals surface area contributed by atoms with Crippen molar-refractivity contribution in [3.8, 4) is 11.1 Å². The molecular weight excluding hydrogens is 362 g/mol. The zero-order chi connectivity index (χ0) is 20.2. The molecule has 0 N–H and O–H groups in total. The molecule has 0 bridgehead atoms. The molecular formula is C23H25N5O. The highest BCUT2D eigenvalue weighted by Gasteiger charge is 2.28. The van der Waals surface area contributed by atoms with E-state index in [1.165, 1.54) is 0 Å². The summed E-state index contributed by atoms with van der Waals surface area (Å²) >= 11 is 0.